The van der Waals surface area contributed by atoms with E-state index in [1.807, 2.05) is 28.1 Å². The molecule has 0 bridgehead atoms. The number of nitrogens with zero attached hydrogens (tertiary/aromatic N) is 1. The van der Waals surface area contributed by atoms with Crippen LogP contribution in [0.3, 0.4) is 0 Å². The molecule has 0 heterocycles. The van der Waals surface area contributed by atoms with Crippen molar-refractivity contribution in [3.8, 4) is 0 Å². The molecule has 0 spiro atoms. The van der Waals surface area contributed by atoms with Crippen molar-refractivity contribution in [1.82, 2.24) is 15.5 Å². The second kappa shape index (κ2) is 6.86. The Labute approximate surface area is 80.7 Å². The van der Waals surface area contributed by atoms with Crippen LogP contribution in [0.5, 0.6) is 0 Å². The van der Waals surface area contributed by atoms with E-state index in [-0.39, 0.29) is 11.8 Å². The molecule has 0 aromatic carbocycles. The molecule has 0 radical (unpaired) electrons. The standard InChI is InChI=1S/C9H21N3O/c1-8(7-11-3)9(13)12(4)6-5-10-2/h8,10-11H,5-7H2,1-4H3. The zero-order chi connectivity index (χ0) is 10.3. The van der Waals surface area contributed by atoms with Gasteiger partial charge in [-0.15, -0.1) is 0 Å². The van der Waals surface area contributed by atoms with Crippen LogP contribution in [0.1, 0.15) is 6.92 Å². The highest BCUT2D eigenvalue weighted by Crippen LogP contribution is 1.98. The molecule has 1 atom stereocenters. The van der Waals surface area contributed by atoms with E-state index in [4.69, 9.17) is 0 Å². The zero-order valence-electron chi connectivity index (χ0n) is 9.05. The number of nitrogens with one attached hydrogen (secondary N) is 2. The van der Waals surface area contributed by atoms with Crippen molar-refractivity contribution in [3.05, 3.63) is 0 Å². The first-order valence-electron chi connectivity index (χ1n) is 4.67. The highest BCUT2D eigenvalue weighted by Gasteiger charge is 2.15. The fourth-order valence-corrected chi connectivity index (χ4v) is 1.16. The molecule has 1 amide bonds. The average Bonchev–Trinajstić information content (AvgIpc) is 2.13. The maximum Gasteiger partial charge on any atom is 0.226 e. The molecule has 0 aliphatic carbocycles. The molecule has 2 N–H and O–H groups in total. The summed E-state index contributed by atoms with van der Waals surface area (Å²) in [5.74, 6) is 0.261. The Morgan fingerprint density at radius 1 is 1.38 bits per heavy atom. The third-order valence-electron chi connectivity index (χ3n) is 2.01. The van der Waals surface area contributed by atoms with Gasteiger partial charge < -0.3 is 15.5 Å². The van der Waals surface area contributed by atoms with E-state index in [0.717, 1.165) is 19.6 Å². The lowest BCUT2D eigenvalue weighted by atomic mass is 10.1. The molecule has 0 fully saturated rings. The number of carbonyl (C=O) groups is 1. The van der Waals surface area contributed by atoms with Gasteiger partial charge in [0.1, 0.15) is 0 Å². The van der Waals surface area contributed by atoms with E-state index in [0.29, 0.717) is 0 Å². The fourth-order valence-electron chi connectivity index (χ4n) is 1.16. The SMILES string of the molecule is CNCCN(C)C(=O)C(C)CNC. The van der Waals surface area contributed by atoms with Crippen LogP contribution >= 0.6 is 0 Å². The van der Waals surface area contributed by atoms with Crippen LogP contribution in [0.25, 0.3) is 0 Å². The summed E-state index contributed by atoms with van der Waals surface area (Å²) >= 11 is 0. The Morgan fingerprint density at radius 3 is 2.46 bits per heavy atom. The van der Waals surface area contributed by atoms with Crippen molar-refractivity contribution in [2.24, 2.45) is 5.92 Å². The minimum atomic E-state index is 0.0619. The molecule has 0 aliphatic heterocycles. The molecule has 0 aromatic rings. The molecular formula is C9H21N3O. The highest BCUT2D eigenvalue weighted by molar-refractivity contribution is 5.78. The van der Waals surface area contributed by atoms with Crippen molar-refractivity contribution in [1.29, 1.82) is 0 Å². The van der Waals surface area contributed by atoms with E-state index in [1.54, 1.807) is 4.90 Å². The van der Waals surface area contributed by atoms with E-state index in [9.17, 15) is 4.79 Å². The van der Waals surface area contributed by atoms with Crippen LogP contribution in [-0.2, 0) is 4.79 Å². The minimum absolute atomic E-state index is 0.0619. The van der Waals surface area contributed by atoms with E-state index >= 15 is 0 Å². The van der Waals surface area contributed by atoms with E-state index in [1.165, 1.54) is 0 Å². The highest BCUT2D eigenvalue weighted by atomic mass is 16.2. The van der Waals surface area contributed by atoms with Gasteiger partial charge in [-0.25, -0.2) is 0 Å². The predicted molar refractivity (Wildman–Crippen MR) is 54.7 cm³/mol. The topological polar surface area (TPSA) is 44.4 Å². The molecule has 0 saturated heterocycles. The summed E-state index contributed by atoms with van der Waals surface area (Å²) in [6.45, 7) is 4.29. The number of carbonyl (C=O) groups excluding carboxylic acids is 1. The first-order valence-corrected chi connectivity index (χ1v) is 4.67. The average molecular weight is 187 g/mol. The summed E-state index contributed by atoms with van der Waals surface area (Å²) in [7, 11) is 5.58. The molecule has 0 aliphatic rings. The second-order valence-electron chi connectivity index (χ2n) is 3.32. The molecule has 1 unspecified atom stereocenters. The summed E-state index contributed by atoms with van der Waals surface area (Å²) < 4.78 is 0. The lowest BCUT2D eigenvalue weighted by molar-refractivity contribution is -0.133. The Balaban J connectivity index is 3.79. The van der Waals surface area contributed by atoms with E-state index < -0.39 is 0 Å². The third kappa shape index (κ3) is 4.85. The molecule has 4 nitrogen and oxygen atoms in total. The summed E-state index contributed by atoms with van der Waals surface area (Å²) in [6, 6.07) is 0. The normalized spacial score (nSPS) is 12.6. The summed E-state index contributed by atoms with van der Waals surface area (Å²) in [4.78, 5) is 13.4. The van der Waals surface area contributed by atoms with Crippen molar-refractivity contribution >= 4 is 5.91 Å². The molecule has 13 heavy (non-hydrogen) atoms. The first-order chi connectivity index (χ1) is 6.13. The van der Waals surface area contributed by atoms with Gasteiger partial charge in [0.05, 0.1) is 0 Å². The number of amides is 1. The minimum Gasteiger partial charge on any atom is -0.344 e. The van der Waals surface area contributed by atoms with Gasteiger partial charge in [-0.2, -0.15) is 0 Å². The van der Waals surface area contributed by atoms with Gasteiger partial charge in [-0.1, -0.05) is 6.92 Å². The first kappa shape index (κ1) is 12.4. The van der Waals surface area contributed by atoms with E-state index in [2.05, 4.69) is 10.6 Å². The Kier molecular flexibility index (Phi) is 6.54. The molecule has 78 valence electrons. The van der Waals surface area contributed by atoms with Gasteiger partial charge >= 0.3 is 0 Å². The van der Waals surface area contributed by atoms with Crippen molar-refractivity contribution in [2.45, 2.75) is 6.92 Å². The summed E-state index contributed by atoms with van der Waals surface area (Å²) in [5, 5.41) is 6.01. The van der Waals surface area contributed by atoms with Crippen LogP contribution in [0, 0.1) is 5.92 Å². The molecule has 0 rings (SSSR count). The van der Waals surface area contributed by atoms with Crippen LogP contribution < -0.4 is 10.6 Å². The van der Waals surface area contributed by atoms with Gasteiger partial charge in [-0.3, -0.25) is 4.79 Å². The van der Waals surface area contributed by atoms with Crippen LogP contribution in [0.4, 0.5) is 0 Å². The van der Waals surface area contributed by atoms with Crippen LogP contribution in [0.15, 0.2) is 0 Å². The van der Waals surface area contributed by atoms with Crippen LogP contribution in [0.2, 0.25) is 0 Å². The Hall–Kier alpha value is -0.610. The van der Waals surface area contributed by atoms with Crippen LogP contribution in [-0.4, -0.2) is 51.6 Å². The molecule has 0 aromatic heterocycles. The quantitative estimate of drug-likeness (QED) is 0.590. The Bertz CT molecular complexity index is 150. The summed E-state index contributed by atoms with van der Waals surface area (Å²) in [6.07, 6.45) is 0. The lowest BCUT2D eigenvalue weighted by Gasteiger charge is -2.20. The number of hydrogen-bond acceptors (Lipinski definition) is 3. The lowest BCUT2D eigenvalue weighted by Crippen LogP contribution is -2.38. The Morgan fingerprint density at radius 2 is 2.00 bits per heavy atom. The van der Waals surface area contributed by atoms with Gasteiger partial charge in [0.2, 0.25) is 5.91 Å². The summed E-state index contributed by atoms with van der Waals surface area (Å²) in [5.41, 5.74) is 0. The van der Waals surface area contributed by atoms with Gasteiger partial charge in [0.15, 0.2) is 0 Å². The molecule has 0 saturated carbocycles. The third-order valence-corrected chi connectivity index (χ3v) is 2.01. The van der Waals surface area contributed by atoms with Crippen molar-refractivity contribution in [2.75, 3.05) is 40.8 Å². The fraction of sp³-hybridized carbons (Fsp3) is 0.889. The van der Waals surface area contributed by atoms with Gasteiger partial charge in [0, 0.05) is 32.6 Å². The number of rotatable bonds is 6. The van der Waals surface area contributed by atoms with Gasteiger partial charge in [-0.05, 0) is 14.1 Å². The maximum absolute atomic E-state index is 11.6. The smallest absolute Gasteiger partial charge is 0.226 e. The predicted octanol–water partition coefficient (Wildman–Crippen LogP) is -0.480. The molecular weight excluding hydrogens is 166 g/mol. The van der Waals surface area contributed by atoms with Crippen molar-refractivity contribution in [3.63, 3.8) is 0 Å². The zero-order valence-corrected chi connectivity index (χ0v) is 9.05. The number of likely N-dealkylation sites (N-methyl/N-ethyl adjacent to an activating group) is 2. The monoisotopic (exact) mass is 187 g/mol. The maximum atomic E-state index is 11.6. The second-order valence-corrected chi connectivity index (χ2v) is 3.32. The number of hydrogen-bond donors (Lipinski definition) is 2. The largest absolute Gasteiger partial charge is 0.344 e. The van der Waals surface area contributed by atoms with Gasteiger partial charge in [0.25, 0.3) is 0 Å². The molecule has 4 heteroatoms. The van der Waals surface area contributed by atoms with Crippen molar-refractivity contribution < 1.29 is 4.79 Å².